The largest absolute Gasteiger partial charge is 0.495 e. The zero-order chi connectivity index (χ0) is 26.1. The van der Waals surface area contributed by atoms with E-state index in [4.69, 9.17) is 9.84 Å². The Morgan fingerprint density at radius 2 is 1.81 bits per heavy atom. The van der Waals surface area contributed by atoms with Gasteiger partial charge in [0.2, 0.25) is 5.91 Å². The number of para-hydroxylation sites is 1. The quantitative estimate of drug-likeness (QED) is 0.409. The number of ether oxygens (including phenoxy) is 1. The molecule has 4 N–H and O–H groups in total. The standard InChI is InChI=1S/C27H30N4O5/c1-18-7-4-5-9-22(18)29-27(35)30-23-11-10-21(16-25(23)36-3)24(28-19(2)32)15-20-8-6-13-31(14-12-20)17-26(33)34/h4-14,16,24H,15,17H2,1-3H3,(H,28,32)(H,33,34)(H2,29,30,35). The summed E-state index contributed by atoms with van der Waals surface area (Å²) < 4.78 is 5.52. The third kappa shape index (κ3) is 7.49. The fraction of sp³-hybridized carbons (Fsp3) is 0.222. The van der Waals surface area contributed by atoms with Crippen LogP contribution in [0.15, 0.2) is 78.7 Å². The highest BCUT2D eigenvalue weighted by Gasteiger charge is 2.18. The van der Waals surface area contributed by atoms with Crippen LogP contribution in [0.2, 0.25) is 0 Å². The van der Waals surface area contributed by atoms with Gasteiger partial charge in [-0.1, -0.05) is 30.3 Å². The maximum absolute atomic E-state index is 12.6. The Morgan fingerprint density at radius 1 is 1.06 bits per heavy atom. The van der Waals surface area contributed by atoms with Gasteiger partial charge in [0, 0.05) is 25.0 Å². The van der Waals surface area contributed by atoms with E-state index in [0.717, 1.165) is 16.7 Å². The zero-order valence-electron chi connectivity index (χ0n) is 20.4. The number of carboxylic acid groups (broad SMARTS) is 1. The van der Waals surface area contributed by atoms with Gasteiger partial charge in [-0.2, -0.15) is 0 Å². The molecule has 0 spiro atoms. The van der Waals surface area contributed by atoms with Gasteiger partial charge < -0.3 is 30.7 Å². The van der Waals surface area contributed by atoms with Gasteiger partial charge in [-0.3, -0.25) is 9.59 Å². The van der Waals surface area contributed by atoms with E-state index in [9.17, 15) is 14.4 Å². The summed E-state index contributed by atoms with van der Waals surface area (Å²) in [4.78, 5) is 37.1. The van der Waals surface area contributed by atoms with Gasteiger partial charge in [0.05, 0.1) is 18.8 Å². The van der Waals surface area contributed by atoms with Crippen molar-refractivity contribution in [1.82, 2.24) is 10.2 Å². The molecule has 1 atom stereocenters. The molecule has 0 bridgehead atoms. The zero-order valence-corrected chi connectivity index (χ0v) is 20.4. The van der Waals surface area contributed by atoms with Gasteiger partial charge in [0.15, 0.2) is 0 Å². The van der Waals surface area contributed by atoms with Crippen LogP contribution >= 0.6 is 0 Å². The van der Waals surface area contributed by atoms with E-state index in [2.05, 4.69) is 16.0 Å². The maximum atomic E-state index is 12.6. The molecule has 1 unspecified atom stereocenters. The molecule has 0 radical (unpaired) electrons. The maximum Gasteiger partial charge on any atom is 0.323 e. The SMILES string of the molecule is COc1cc(C(CC2=CC=CN(CC(=O)O)C=C2)NC(C)=O)ccc1NC(=O)Nc1ccccc1C. The molecule has 1 aliphatic rings. The smallest absolute Gasteiger partial charge is 0.323 e. The van der Waals surface area contributed by atoms with Gasteiger partial charge in [0.25, 0.3) is 0 Å². The van der Waals surface area contributed by atoms with E-state index in [1.807, 2.05) is 49.4 Å². The van der Waals surface area contributed by atoms with Crippen molar-refractivity contribution in [2.45, 2.75) is 26.3 Å². The van der Waals surface area contributed by atoms with Crippen LogP contribution in [0.4, 0.5) is 16.2 Å². The molecular formula is C27H30N4O5. The molecule has 0 saturated heterocycles. The first-order valence-corrected chi connectivity index (χ1v) is 11.4. The summed E-state index contributed by atoms with van der Waals surface area (Å²) in [6.07, 6.45) is 9.29. The molecule has 1 heterocycles. The molecule has 2 aromatic carbocycles. The molecule has 0 aliphatic carbocycles. The number of nitrogens with one attached hydrogen (secondary N) is 3. The van der Waals surface area contributed by atoms with Gasteiger partial charge in [0.1, 0.15) is 12.3 Å². The van der Waals surface area contributed by atoms with Gasteiger partial charge >= 0.3 is 12.0 Å². The number of carbonyl (C=O) groups excluding carboxylic acids is 2. The number of anilines is 2. The van der Waals surface area contributed by atoms with Crippen LogP contribution in [0.1, 0.15) is 30.5 Å². The molecule has 0 aromatic heterocycles. The van der Waals surface area contributed by atoms with Crippen LogP contribution in [0, 0.1) is 6.92 Å². The molecule has 3 amide bonds. The van der Waals surface area contributed by atoms with E-state index < -0.39 is 12.0 Å². The number of hydrogen-bond acceptors (Lipinski definition) is 5. The second-order valence-corrected chi connectivity index (χ2v) is 8.28. The lowest BCUT2D eigenvalue weighted by Gasteiger charge is -2.21. The van der Waals surface area contributed by atoms with Crippen molar-refractivity contribution in [3.8, 4) is 5.75 Å². The molecule has 9 heteroatoms. The van der Waals surface area contributed by atoms with Crippen LogP contribution < -0.4 is 20.7 Å². The summed E-state index contributed by atoms with van der Waals surface area (Å²) in [6.45, 7) is 3.21. The molecule has 3 rings (SSSR count). The number of nitrogens with zero attached hydrogens (tertiary/aromatic N) is 1. The first-order chi connectivity index (χ1) is 17.2. The lowest BCUT2D eigenvalue weighted by Crippen LogP contribution is -2.26. The molecule has 0 saturated carbocycles. The van der Waals surface area contributed by atoms with Crippen molar-refractivity contribution >= 4 is 29.3 Å². The number of hydrogen-bond donors (Lipinski definition) is 4. The van der Waals surface area contributed by atoms with Gasteiger partial charge in [-0.25, -0.2) is 4.79 Å². The number of methoxy groups -OCH3 is 1. The van der Waals surface area contributed by atoms with Crippen molar-refractivity contribution in [3.63, 3.8) is 0 Å². The van der Waals surface area contributed by atoms with Crippen molar-refractivity contribution in [3.05, 3.63) is 89.8 Å². The van der Waals surface area contributed by atoms with Crippen LogP contribution in [0.25, 0.3) is 0 Å². The molecule has 9 nitrogen and oxygen atoms in total. The Kier molecular flexibility index (Phi) is 8.88. The lowest BCUT2D eigenvalue weighted by atomic mass is 9.97. The number of benzene rings is 2. The Hall–Kier alpha value is -4.53. The van der Waals surface area contributed by atoms with E-state index in [1.54, 1.807) is 35.5 Å². The topological polar surface area (TPSA) is 120 Å². The highest BCUT2D eigenvalue weighted by atomic mass is 16.5. The van der Waals surface area contributed by atoms with Crippen LogP contribution in [0.5, 0.6) is 5.75 Å². The van der Waals surface area contributed by atoms with Gasteiger partial charge in [-0.15, -0.1) is 0 Å². The fourth-order valence-corrected chi connectivity index (χ4v) is 3.72. The Balaban J connectivity index is 1.77. The summed E-state index contributed by atoms with van der Waals surface area (Å²) in [5, 5.41) is 17.6. The minimum absolute atomic E-state index is 0.147. The average Bonchev–Trinajstić information content (AvgIpc) is 3.04. The second-order valence-electron chi connectivity index (χ2n) is 8.28. The summed E-state index contributed by atoms with van der Waals surface area (Å²) >= 11 is 0. The summed E-state index contributed by atoms with van der Waals surface area (Å²) in [5.74, 6) is -0.682. The van der Waals surface area contributed by atoms with Crippen molar-refractivity contribution in [1.29, 1.82) is 0 Å². The van der Waals surface area contributed by atoms with Gasteiger partial charge in [-0.05, 0) is 60.4 Å². The molecule has 2 aromatic rings. The van der Waals surface area contributed by atoms with E-state index in [0.29, 0.717) is 23.5 Å². The van der Waals surface area contributed by atoms with E-state index in [1.165, 1.54) is 14.0 Å². The Morgan fingerprint density at radius 3 is 2.50 bits per heavy atom. The lowest BCUT2D eigenvalue weighted by molar-refractivity contribution is -0.137. The van der Waals surface area contributed by atoms with Crippen molar-refractivity contribution in [2.75, 3.05) is 24.3 Å². The summed E-state index contributed by atoms with van der Waals surface area (Å²) in [6, 6.07) is 12.0. The predicted octanol–water partition coefficient (Wildman–Crippen LogP) is 4.57. The molecular weight excluding hydrogens is 460 g/mol. The monoisotopic (exact) mass is 490 g/mol. The fourth-order valence-electron chi connectivity index (χ4n) is 3.72. The van der Waals surface area contributed by atoms with Crippen molar-refractivity contribution in [2.24, 2.45) is 0 Å². The van der Waals surface area contributed by atoms with E-state index >= 15 is 0 Å². The van der Waals surface area contributed by atoms with Crippen LogP contribution in [-0.2, 0) is 9.59 Å². The molecule has 188 valence electrons. The van der Waals surface area contributed by atoms with E-state index in [-0.39, 0.29) is 18.5 Å². The number of carbonyl (C=O) groups is 3. The number of aryl methyl sites for hydroxylation is 1. The third-order valence-electron chi connectivity index (χ3n) is 5.47. The van der Waals surface area contributed by atoms with Crippen LogP contribution in [-0.4, -0.2) is 41.6 Å². The second kappa shape index (κ2) is 12.3. The summed E-state index contributed by atoms with van der Waals surface area (Å²) in [5.41, 5.74) is 3.82. The summed E-state index contributed by atoms with van der Waals surface area (Å²) in [7, 11) is 1.51. The number of aliphatic carboxylic acids is 1. The molecule has 1 aliphatic heterocycles. The number of amides is 3. The number of urea groups is 1. The number of rotatable bonds is 9. The first kappa shape index (κ1) is 26.1. The van der Waals surface area contributed by atoms with Crippen LogP contribution in [0.3, 0.4) is 0 Å². The number of carboxylic acids is 1. The normalized spacial score (nSPS) is 13.3. The predicted molar refractivity (Wildman–Crippen MR) is 139 cm³/mol. The Bertz CT molecular complexity index is 1220. The first-order valence-electron chi connectivity index (χ1n) is 11.4. The van der Waals surface area contributed by atoms with Crippen molar-refractivity contribution < 1.29 is 24.2 Å². The molecule has 0 fully saturated rings. The average molecular weight is 491 g/mol. The Labute approximate surface area is 210 Å². The highest BCUT2D eigenvalue weighted by Crippen LogP contribution is 2.31. The minimum atomic E-state index is -0.933. The minimum Gasteiger partial charge on any atom is -0.495 e. The number of allylic oxidation sites excluding steroid dienone is 3. The third-order valence-corrected chi connectivity index (χ3v) is 5.47. The molecule has 36 heavy (non-hydrogen) atoms. The highest BCUT2D eigenvalue weighted by molar-refractivity contribution is 6.01.